The number of carbonyl (C=O) groups is 1. The number of hydrogen-bond donors (Lipinski definition) is 1. The highest BCUT2D eigenvalue weighted by Gasteiger charge is 2.25. The zero-order valence-electron chi connectivity index (χ0n) is 21.1. The van der Waals surface area contributed by atoms with Gasteiger partial charge in [-0.1, -0.05) is 30.3 Å². The van der Waals surface area contributed by atoms with Crippen LogP contribution in [0.15, 0.2) is 59.0 Å². The van der Waals surface area contributed by atoms with Crippen molar-refractivity contribution in [3.8, 4) is 0 Å². The predicted molar refractivity (Wildman–Crippen MR) is 148 cm³/mol. The van der Waals surface area contributed by atoms with Gasteiger partial charge in [0, 0.05) is 43.0 Å². The maximum atomic E-state index is 12.3. The standard InChI is InChI=1S/C29H34N4O3S/c34-29(35-20-24-19-22-5-1-3-7-26(22)36-24)30-23-11-9-21(10-12-23)13-14-32-15-17-33(18-16-32)28-25-6-2-4-8-27(25)37-31-28/h1-8,19,21,23H,9-18,20H2,(H,30,34). The second-order valence-corrected chi connectivity index (χ2v) is 11.1. The molecule has 2 aromatic heterocycles. The van der Waals surface area contributed by atoms with Crippen LogP contribution < -0.4 is 10.2 Å². The number of fused-ring (bicyclic) bond motifs is 2. The van der Waals surface area contributed by atoms with Gasteiger partial charge in [0.2, 0.25) is 0 Å². The van der Waals surface area contributed by atoms with Crippen molar-refractivity contribution in [3.63, 3.8) is 0 Å². The molecule has 3 heterocycles. The fraction of sp³-hybridized carbons (Fsp3) is 0.448. The molecule has 0 atom stereocenters. The Labute approximate surface area is 221 Å². The zero-order valence-corrected chi connectivity index (χ0v) is 21.9. The van der Waals surface area contributed by atoms with Gasteiger partial charge in [0.15, 0.2) is 6.61 Å². The van der Waals surface area contributed by atoms with E-state index in [0.29, 0.717) is 5.76 Å². The monoisotopic (exact) mass is 518 g/mol. The summed E-state index contributed by atoms with van der Waals surface area (Å²) in [5.41, 5.74) is 0.815. The normalized spacial score (nSPS) is 20.9. The molecule has 6 rings (SSSR count). The van der Waals surface area contributed by atoms with Crippen LogP contribution >= 0.6 is 11.5 Å². The van der Waals surface area contributed by atoms with Crippen molar-refractivity contribution in [2.45, 2.75) is 44.8 Å². The van der Waals surface area contributed by atoms with E-state index < -0.39 is 0 Å². The number of nitrogens with zero attached hydrogens (tertiary/aromatic N) is 3. The number of furan rings is 1. The summed E-state index contributed by atoms with van der Waals surface area (Å²) in [6.07, 6.45) is 5.26. The van der Waals surface area contributed by atoms with E-state index in [1.165, 1.54) is 29.3 Å². The number of amides is 1. The Bertz CT molecular complexity index is 1300. The Hall–Kier alpha value is -3.10. The number of ether oxygens (including phenoxy) is 1. The van der Waals surface area contributed by atoms with Crippen LogP contribution in [0.25, 0.3) is 21.1 Å². The van der Waals surface area contributed by atoms with Crippen LogP contribution in [-0.2, 0) is 11.3 Å². The largest absolute Gasteiger partial charge is 0.457 e. The third-order valence-electron chi connectivity index (χ3n) is 7.87. The van der Waals surface area contributed by atoms with E-state index in [4.69, 9.17) is 13.5 Å². The number of hydrogen-bond acceptors (Lipinski definition) is 7. The second kappa shape index (κ2) is 11.1. The van der Waals surface area contributed by atoms with Crippen molar-refractivity contribution < 1.29 is 13.9 Å². The highest BCUT2D eigenvalue weighted by atomic mass is 32.1. The summed E-state index contributed by atoms with van der Waals surface area (Å²) in [6.45, 7) is 5.59. The van der Waals surface area contributed by atoms with Crippen LogP contribution in [0, 0.1) is 5.92 Å². The summed E-state index contributed by atoms with van der Waals surface area (Å²) >= 11 is 1.60. The molecule has 1 saturated heterocycles. The highest BCUT2D eigenvalue weighted by Crippen LogP contribution is 2.31. The first-order valence-electron chi connectivity index (χ1n) is 13.4. The van der Waals surface area contributed by atoms with Crippen molar-refractivity contribution >= 4 is 44.5 Å². The molecule has 0 radical (unpaired) electrons. The molecule has 0 unspecified atom stereocenters. The number of anilines is 1. The summed E-state index contributed by atoms with van der Waals surface area (Å²) in [4.78, 5) is 17.4. The van der Waals surface area contributed by atoms with Crippen LogP contribution in [0.3, 0.4) is 0 Å². The lowest BCUT2D eigenvalue weighted by molar-refractivity contribution is 0.123. The Morgan fingerprint density at radius 3 is 2.65 bits per heavy atom. The Kier molecular flexibility index (Phi) is 7.28. The van der Waals surface area contributed by atoms with Gasteiger partial charge in [-0.2, -0.15) is 4.37 Å². The predicted octanol–water partition coefficient (Wildman–Crippen LogP) is 6.04. The molecule has 0 bridgehead atoms. The maximum absolute atomic E-state index is 12.3. The van der Waals surface area contributed by atoms with Gasteiger partial charge in [0.25, 0.3) is 0 Å². The van der Waals surface area contributed by atoms with Crippen LogP contribution in [-0.4, -0.2) is 54.1 Å². The molecule has 1 amide bonds. The number of rotatable bonds is 7. The lowest BCUT2D eigenvalue weighted by Crippen LogP contribution is -2.47. The third-order valence-corrected chi connectivity index (χ3v) is 8.69. The van der Waals surface area contributed by atoms with Gasteiger partial charge in [-0.05, 0) is 80.4 Å². The molecule has 194 valence electrons. The summed E-state index contributed by atoms with van der Waals surface area (Å²) in [6, 6.07) is 18.5. The summed E-state index contributed by atoms with van der Waals surface area (Å²) in [7, 11) is 0. The van der Waals surface area contributed by atoms with E-state index in [9.17, 15) is 4.79 Å². The molecule has 2 fully saturated rings. The van der Waals surface area contributed by atoms with E-state index in [-0.39, 0.29) is 18.7 Å². The molecule has 1 aliphatic heterocycles. The molecular weight excluding hydrogens is 484 g/mol. The Morgan fingerprint density at radius 1 is 1.03 bits per heavy atom. The maximum Gasteiger partial charge on any atom is 0.407 e. The SMILES string of the molecule is O=C(NC1CCC(CCN2CCN(c3nsc4ccccc34)CC2)CC1)OCc1cc2ccccc2o1. The van der Waals surface area contributed by atoms with Crippen LogP contribution in [0.4, 0.5) is 10.6 Å². The number of aromatic nitrogens is 1. The first-order chi connectivity index (χ1) is 18.2. The first-order valence-corrected chi connectivity index (χ1v) is 14.2. The zero-order chi connectivity index (χ0) is 25.0. The molecule has 2 aromatic carbocycles. The number of alkyl carbamates (subject to hydrolysis) is 1. The van der Waals surface area contributed by atoms with Gasteiger partial charge in [0.1, 0.15) is 17.2 Å². The lowest BCUT2D eigenvalue weighted by Gasteiger charge is -2.36. The molecular formula is C29H34N4O3S. The molecule has 37 heavy (non-hydrogen) atoms. The molecule has 2 aliphatic rings. The average Bonchev–Trinajstić information content (AvgIpc) is 3.56. The number of nitrogens with one attached hydrogen (secondary N) is 1. The molecule has 0 spiro atoms. The third kappa shape index (κ3) is 5.75. The van der Waals surface area contributed by atoms with E-state index >= 15 is 0 Å². The van der Waals surface area contributed by atoms with Crippen LogP contribution in [0.2, 0.25) is 0 Å². The Morgan fingerprint density at radius 2 is 1.81 bits per heavy atom. The number of para-hydroxylation sites is 1. The average molecular weight is 519 g/mol. The lowest BCUT2D eigenvalue weighted by atomic mass is 9.84. The van der Waals surface area contributed by atoms with Crippen LogP contribution in [0.1, 0.15) is 37.9 Å². The highest BCUT2D eigenvalue weighted by molar-refractivity contribution is 7.13. The second-order valence-electron chi connectivity index (χ2n) is 10.3. The van der Waals surface area contributed by atoms with Crippen molar-refractivity contribution in [3.05, 3.63) is 60.4 Å². The van der Waals surface area contributed by atoms with Crippen molar-refractivity contribution in [2.75, 3.05) is 37.6 Å². The quantitative estimate of drug-likeness (QED) is 0.322. The number of benzene rings is 2. The van der Waals surface area contributed by atoms with Gasteiger partial charge in [-0.3, -0.25) is 4.90 Å². The fourth-order valence-corrected chi connectivity index (χ4v) is 6.49. The number of carbonyl (C=O) groups excluding carboxylic acids is 1. The summed E-state index contributed by atoms with van der Waals surface area (Å²) < 4.78 is 17.1. The van der Waals surface area contributed by atoms with E-state index in [2.05, 4.69) is 39.4 Å². The minimum atomic E-state index is -0.352. The van der Waals surface area contributed by atoms with Crippen molar-refractivity contribution in [1.29, 1.82) is 0 Å². The van der Waals surface area contributed by atoms with Crippen molar-refractivity contribution in [1.82, 2.24) is 14.6 Å². The van der Waals surface area contributed by atoms with Gasteiger partial charge in [0.05, 0.1) is 4.70 Å². The Balaban J connectivity index is 0.881. The van der Waals surface area contributed by atoms with Gasteiger partial charge >= 0.3 is 6.09 Å². The summed E-state index contributed by atoms with van der Waals surface area (Å²) in [5.74, 6) is 2.56. The van der Waals surface area contributed by atoms with Gasteiger partial charge in [-0.15, -0.1) is 0 Å². The first kappa shape index (κ1) is 24.2. The molecule has 1 saturated carbocycles. The minimum Gasteiger partial charge on any atom is -0.457 e. The molecule has 7 nitrogen and oxygen atoms in total. The molecule has 1 N–H and O–H groups in total. The van der Waals surface area contributed by atoms with Crippen molar-refractivity contribution in [2.24, 2.45) is 5.92 Å². The smallest absolute Gasteiger partial charge is 0.407 e. The van der Waals surface area contributed by atoms with Crippen LogP contribution in [0.5, 0.6) is 0 Å². The topological polar surface area (TPSA) is 70.8 Å². The van der Waals surface area contributed by atoms with E-state index in [1.807, 2.05) is 30.3 Å². The van der Waals surface area contributed by atoms with Gasteiger partial charge < -0.3 is 19.4 Å². The molecule has 1 aliphatic carbocycles. The molecule has 8 heteroatoms. The number of piperazine rings is 1. The fourth-order valence-electron chi connectivity index (χ4n) is 5.70. The van der Waals surface area contributed by atoms with E-state index in [1.54, 1.807) is 11.5 Å². The minimum absolute atomic E-state index is 0.155. The summed E-state index contributed by atoms with van der Waals surface area (Å²) in [5, 5.41) is 5.36. The van der Waals surface area contributed by atoms with Gasteiger partial charge in [-0.25, -0.2) is 4.79 Å². The van der Waals surface area contributed by atoms with E-state index in [0.717, 1.165) is 68.3 Å². The molecule has 4 aromatic rings.